The summed E-state index contributed by atoms with van der Waals surface area (Å²) in [5, 5.41) is 8.72. The number of para-hydroxylation sites is 1. The van der Waals surface area contributed by atoms with Crippen LogP contribution in [0.1, 0.15) is 12.0 Å². The standard InChI is InChI=1S/C48H32N2/c1-3-11-33-25-37(19-17-31(33)9-1)47-41-14-6-7-15-42(41)48(38-20-18-32-10-2-4-12-34(32)26-38)44-28-35(21-23-43(44)47)39-22-24-46(49-29-39)40-27-36-13-5-8-16-45(36)50-30-40/h1-25,27-30,34H,26H2. The second-order valence-electron chi connectivity index (χ2n) is 13.4. The summed E-state index contributed by atoms with van der Waals surface area (Å²) in [6.45, 7) is 0. The molecule has 0 N–H and O–H groups in total. The van der Waals surface area contributed by atoms with E-state index in [0.29, 0.717) is 5.92 Å². The van der Waals surface area contributed by atoms with Gasteiger partial charge in [-0.25, -0.2) is 0 Å². The molecule has 2 aromatic heterocycles. The summed E-state index contributed by atoms with van der Waals surface area (Å²) >= 11 is 0. The maximum absolute atomic E-state index is 4.94. The number of benzene rings is 6. The highest BCUT2D eigenvalue weighted by Gasteiger charge is 2.23. The molecule has 0 spiro atoms. The fourth-order valence-corrected chi connectivity index (χ4v) is 7.96. The lowest BCUT2D eigenvalue weighted by Crippen LogP contribution is -2.07. The van der Waals surface area contributed by atoms with Crippen LogP contribution in [0, 0.1) is 5.92 Å². The molecule has 0 saturated carbocycles. The number of hydrogen-bond donors (Lipinski definition) is 0. The van der Waals surface area contributed by atoms with Gasteiger partial charge in [0.1, 0.15) is 0 Å². The van der Waals surface area contributed by atoms with Crippen molar-refractivity contribution in [3.05, 3.63) is 187 Å². The topological polar surface area (TPSA) is 25.8 Å². The van der Waals surface area contributed by atoms with E-state index in [2.05, 4.69) is 151 Å². The van der Waals surface area contributed by atoms with Crippen LogP contribution in [0.5, 0.6) is 0 Å². The first-order chi connectivity index (χ1) is 24.8. The summed E-state index contributed by atoms with van der Waals surface area (Å²) in [5.41, 5.74) is 11.8. The Hall–Kier alpha value is -6.38. The SMILES string of the molecule is C1=CC2=CC=C(c3c4ccccc4c(-c4ccc5ccccc5c4)c4ccc(-c5ccc(-c6cnc7ccccc7c6)nc5)cc34)CC2C=C1. The lowest BCUT2D eigenvalue weighted by molar-refractivity contribution is 0.794. The first kappa shape index (κ1) is 28.6. The van der Waals surface area contributed by atoms with Gasteiger partial charge in [-0.2, -0.15) is 0 Å². The molecule has 0 amide bonds. The van der Waals surface area contributed by atoms with Gasteiger partial charge in [-0.05, 0) is 102 Å². The lowest BCUT2D eigenvalue weighted by atomic mass is 9.78. The molecule has 0 bridgehead atoms. The molecule has 2 heteroatoms. The van der Waals surface area contributed by atoms with Crippen molar-refractivity contribution in [2.24, 2.45) is 5.92 Å². The smallest absolute Gasteiger partial charge is 0.0718 e. The zero-order chi connectivity index (χ0) is 33.0. The zero-order valence-corrected chi connectivity index (χ0v) is 27.4. The third-order valence-corrected chi connectivity index (χ3v) is 10.5. The van der Waals surface area contributed by atoms with Crippen molar-refractivity contribution in [2.75, 3.05) is 0 Å². The second kappa shape index (κ2) is 11.6. The molecular weight excluding hydrogens is 605 g/mol. The monoisotopic (exact) mass is 636 g/mol. The number of hydrogen-bond acceptors (Lipinski definition) is 2. The Morgan fingerprint density at radius 1 is 0.480 bits per heavy atom. The summed E-state index contributed by atoms with van der Waals surface area (Å²) in [6.07, 6.45) is 18.5. The van der Waals surface area contributed by atoms with Crippen LogP contribution >= 0.6 is 0 Å². The summed E-state index contributed by atoms with van der Waals surface area (Å²) < 4.78 is 0. The number of allylic oxidation sites excluding steroid dienone is 8. The van der Waals surface area contributed by atoms with Crippen LogP contribution < -0.4 is 0 Å². The third-order valence-electron chi connectivity index (χ3n) is 10.5. The summed E-state index contributed by atoms with van der Waals surface area (Å²) in [7, 11) is 0. The quantitative estimate of drug-likeness (QED) is 0.180. The second-order valence-corrected chi connectivity index (χ2v) is 13.4. The Bertz CT molecular complexity index is 2780. The van der Waals surface area contributed by atoms with Gasteiger partial charge >= 0.3 is 0 Å². The summed E-state index contributed by atoms with van der Waals surface area (Å²) in [4.78, 5) is 9.61. The molecule has 234 valence electrons. The fraction of sp³-hybridized carbons (Fsp3) is 0.0417. The van der Waals surface area contributed by atoms with Crippen molar-refractivity contribution in [3.8, 4) is 33.5 Å². The minimum Gasteiger partial charge on any atom is -0.256 e. The molecule has 8 aromatic rings. The summed E-state index contributed by atoms with van der Waals surface area (Å²) in [6, 6.07) is 46.2. The van der Waals surface area contributed by atoms with Gasteiger partial charge in [0.05, 0.1) is 11.2 Å². The predicted octanol–water partition coefficient (Wildman–Crippen LogP) is 12.5. The Morgan fingerprint density at radius 3 is 2.08 bits per heavy atom. The van der Waals surface area contributed by atoms with E-state index in [1.807, 2.05) is 30.6 Å². The minimum absolute atomic E-state index is 0.388. The van der Waals surface area contributed by atoms with Gasteiger partial charge in [-0.3, -0.25) is 9.97 Å². The normalized spacial score (nSPS) is 15.4. The van der Waals surface area contributed by atoms with E-state index < -0.39 is 0 Å². The molecular formula is C48H32N2. The number of rotatable bonds is 4. The molecule has 0 aliphatic heterocycles. The van der Waals surface area contributed by atoms with Crippen LogP contribution in [-0.2, 0) is 0 Å². The Balaban J connectivity index is 1.18. The van der Waals surface area contributed by atoms with E-state index in [0.717, 1.165) is 39.7 Å². The van der Waals surface area contributed by atoms with Gasteiger partial charge < -0.3 is 0 Å². The van der Waals surface area contributed by atoms with E-state index in [4.69, 9.17) is 4.98 Å². The van der Waals surface area contributed by atoms with Crippen LogP contribution in [0.4, 0.5) is 0 Å². The first-order valence-corrected chi connectivity index (χ1v) is 17.3. The Kier molecular flexibility index (Phi) is 6.67. The van der Waals surface area contributed by atoms with Crippen LogP contribution in [0.3, 0.4) is 0 Å². The molecule has 6 aromatic carbocycles. The molecule has 2 aliphatic carbocycles. The highest BCUT2D eigenvalue weighted by molar-refractivity contribution is 6.20. The van der Waals surface area contributed by atoms with E-state index in [1.54, 1.807) is 0 Å². The van der Waals surface area contributed by atoms with Crippen molar-refractivity contribution in [2.45, 2.75) is 6.42 Å². The van der Waals surface area contributed by atoms with Gasteiger partial charge in [0.15, 0.2) is 0 Å². The van der Waals surface area contributed by atoms with Crippen LogP contribution in [0.15, 0.2) is 182 Å². The largest absolute Gasteiger partial charge is 0.256 e. The van der Waals surface area contributed by atoms with Gasteiger partial charge in [-0.1, -0.05) is 134 Å². The molecule has 1 unspecified atom stereocenters. The highest BCUT2D eigenvalue weighted by Crippen LogP contribution is 2.46. The molecule has 10 rings (SSSR count). The van der Waals surface area contributed by atoms with Gasteiger partial charge in [0.25, 0.3) is 0 Å². The molecule has 2 heterocycles. The van der Waals surface area contributed by atoms with E-state index in [-0.39, 0.29) is 0 Å². The molecule has 2 aliphatic rings. The molecule has 0 saturated heterocycles. The lowest BCUT2D eigenvalue weighted by Gasteiger charge is -2.26. The maximum Gasteiger partial charge on any atom is 0.0718 e. The molecule has 1 atom stereocenters. The van der Waals surface area contributed by atoms with Gasteiger partial charge in [-0.15, -0.1) is 0 Å². The average molecular weight is 637 g/mol. The third kappa shape index (κ3) is 4.80. The molecule has 50 heavy (non-hydrogen) atoms. The van der Waals surface area contributed by atoms with Crippen molar-refractivity contribution < 1.29 is 0 Å². The average Bonchev–Trinajstić information content (AvgIpc) is 3.19. The minimum atomic E-state index is 0.388. The van der Waals surface area contributed by atoms with Crippen LogP contribution in [0.2, 0.25) is 0 Å². The van der Waals surface area contributed by atoms with Crippen molar-refractivity contribution >= 4 is 48.8 Å². The number of aromatic nitrogens is 2. The van der Waals surface area contributed by atoms with Crippen molar-refractivity contribution in [1.29, 1.82) is 0 Å². The van der Waals surface area contributed by atoms with E-state index in [9.17, 15) is 0 Å². The number of pyridine rings is 2. The maximum atomic E-state index is 4.94. The Morgan fingerprint density at radius 2 is 1.20 bits per heavy atom. The van der Waals surface area contributed by atoms with E-state index >= 15 is 0 Å². The first-order valence-electron chi connectivity index (χ1n) is 17.3. The van der Waals surface area contributed by atoms with Crippen molar-refractivity contribution in [3.63, 3.8) is 0 Å². The zero-order valence-electron chi connectivity index (χ0n) is 27.4. The number of nitrogens with zero attached hydrogens (tertiary/aromatic N) is 2. The van der Waals surface area contributed by atoms with Crippen LogP contribution in [0.25, 0.3) is 82.3 Å². The number of fused-ring (bicyclic) bond motifs is 5. The van der Waals surface area contributed by atoms with Gasteiger partial charge in [0.2, 0.25) is 0 Å². The van der Waals surface area contributed by atoms with Crippen molar-refractivity contribution in [1.82, 2.24) is 9.97 Å². The van der Waals surface area contributed by atoms with Crippen LogP contribution in [-0.4, -0.2) is 9.97 Å². The Labute approximate surface area is 291 Å². The molecule has 0 fully saturated rings. The highest BCUT2D eigenvalue weighted by atomic mass is 14.7. The van der Waals surface area contributed by atoms with Gasteiger partial charge in [0, 0.05) is 34.8 Å². The fourth-order valence-electron chi connectivity index (χ4n) is 7.96. The van der Waals surface area contributed by atoms with E-state index in [1.165, 1.54) is 60.2 Å². The predicted molar refractivity (Wildman–Crippen MR) is 211 cm³/mol. The summed E-state index contributed by atoms with van der Waals surface area (Å²) in [5.74, 6) is 0.388. The molecule has 0 radical (unpaired) electrons. The molecule has 2 nitrogen and oxygen atoms in total.